The summed E-state index contributed by atoms with van der Waals surface area (Å²) < 4.78 is 10.1. The maximum absolute atomic E-state index is 12.2. The summed E-state index contributed by atoms with van der Waals surface area (Å²) in [6.07, 6.45) is 0. The molecule has 6 nitrogen and oxygen atoms in total. The number of nitrogens with one attached hydrogen (secondary N) is 2. The van der Waals surface area contributed by atoms with Crippen LogP contribution in [-0.4, -0.2) is 38.6 Å². The SMILES string of the molecule is COc1ccc(C(=O)NCC(C)NC(=O)c2ccc(OC)cc2)cc1. The van der Waals surface area contributed by atoms with Crippen LogP contribution in [0.25, 0.3) is 0 Å². The van der Waals surface area contributed by atoms with Crippen molar-refractivity contribution in [2.75, 3.05) is 20.8 Å². The molecule has 0 aliphatic heterocycles. The lowest BCUT2D eigenvalue weighted by atomic mass is 10.2. The van der Waals surface area contributed by atoms with E-state index in [1.165, 1.54) is 0 Å². The van der Waals surface area contributed by atoms with Crippen molar-refractivity contribution < 1.29 is 19.1 Å². The Morgan fingerprint density at radius 2 is 1.28 bits per heavy atom. The van der Waals surface area contributed by atoms with Crippen LogP contribution in [-0.2, 0) is 0 Å². The minimum absolute atomic E-state index is 0.200. The smallest absolute Gasteiger partial charge is 0.251 e. The average Bonchev–Trinajstić information content (AvgIpc) is 2.66. The van der Waals surface area contributed by atoms with Crippen molar-refractivity contribution in [3.63, 3.8) is 0 Å². The van der Waals surface area contributed by atoms with E-state index >= 15 is 0 Å². The van der Waals surface area contributed by atoms with E-state index in [2.05, 4.69) is 10.6 Å². The molecule has 0 bridgehead atoms. The first kappa shape index (κ1) is 18.3. The number of carbonyl (C=O) groups is 2. The molecule has 6 heteroatoms. The molecule has 0 spiro atoms. The molecule has 2 rings (SSSR count). The second-order valence-corrected chi connectivity index (χ2v) is 5.54. The van der Waals surface area contributed by atoms with E-state index in [0.29, 0.717) is 29.2 Å². The van der Waals surface area contributed by atoms with Crippen molar-refractivity contribution >= 4 is 11.8 Å². The molecule has 2 N–H and O–H groups in total. The number of hydrogen-bond acceptors (Lipinski definition) is 4. The quantitative estimate of drug-likeness (QED) is 0.809. The number of methoxy groups -OCH3 is 2. The summed E-state index contributed by atoms with van der Waals surface area (Å²) in [5.74, 6) is 0.982. The Hall–Kier alpha value is -3.02. The second kappa shape index (κ2) is 8.73. The molecule has 2 aromatic carbocycles. The highest BCUT2D eigenvalue weighted by atomic mass is 16.5. The van der Waals surface area contributed by atoms with Crippen LogP contribution < -0.4 is 20.1 Å². The Kier molecular flexibility index (Phi) is 6.39. The predicted molar refractivity (Wildman–Crippen MR) is 95.2 cm³/mol. The molecule has 132 valence electrons. The van der Waals surface area contributed by atoms with Gasteiger partial charge in [-0.2, -0.15) is 0 Å². The molecule has 0 heterocycles. The summed E-state index contributed by atoms with van der Waals surface area (Å²) in [6, 6.07) is 13.5. The highest BCUT2D eigenvalue weighted by molar-refractivity contribution is 5.95. The third kappa shape index (κ3) is 5.24. The Morgan fingerprint density at radius 1 is 0.840 bits per heavy atom. The summed E-state index contributed by atoms with van der Waals surface area (Å²) in [7, 11) is 3.14. The monoisotopic (exact) mass is 342 g/mol. The number of ether oxygens (including phenoxy) is 2. The molecule has 0 saturated carbocycles. The molecule has 0 fully saturated rings. The van der Waals surface area contributed by atoms with Gasteiger partial charge in [0.25, 0.3) is 11.8 Å². The molecule has 0 saturated heterocycles. The second-order valence-electron chi connectivity index (χ2n) is 5.54. The van der Waals surface area contributed by atoms with E-state index in [1.807, 2.05) is 6.92 Å². The van der Waals surface area contributed by atoms with E-state index in [4.69, 9.17) is 9.47 Å². The highest BCUT2D eigenvalue weighted by Gasteiger charge is 2.12. The number of carbonyl (C=O) groups excluding carboxylic acids is 2. The zero-order valence-corrected chi connectivity index (χ0v) is 14.5. The van der Waals surface area contributed by atoms with Gasteiger partial charge in [0.05, 0.1) is 14.2 Å². The highest BCUT2D eigenvalue weighted by Crippen LogP contribution is 2.12. The predicted octanol–water partition coefficient (Wildman–Crippen LogP) is 2.25. The number of amides is 2. The Labute approximate surface area is 147 Å². The Morgan fingerprint density at radius 3 is 1.72 bits per heavy atom. The molecule has 0 aromatic heterocycles. The van der Waals surface area contributed by atoms with Crippen molar-refractivity contribution in [3.05, 3.63) is 59.7 Å². The fourth-order valence-corrected chi connectivity index (χ4v) is 2.19. The van der Waals surface area contributed by atoms with Gasteiger partial charge in [-0.15, -0.1) is 0 Å². The Bertz CT molecular complexity index is 711. The summed E-state index contributed by atoms with van der Waals surface area (Å²) in [5, 5.41) is 5.64. The molecule has 2 aromatic rings. The fraction of sp³-hybridized carbons (Fsp3) is 0.263. The van der Waals surface area contributed by atoms with Gasteiger partial charge in [0.2, 0.25) is 0 Å². The van der Waals surface area contributed by atoms with Crippen LogP contribution in [0, 0.1) is 0 Å². The van der Waals surface area contributed by atoms with Gasteiger partial charge in [-0.25, -0.2) is 0 Å². The van der Waals surface area contributed by atoms with Gasteiger partial charge in [-0.05, 0) is 55.5 Å². The normalized spacial score (nSPS) is 11.3. The maximum atomic E-state index is 12.2. The third-order valence-electron chi connectivity index (χ3n) is 3.65. The summed E-state index contributed by atoms with van der Waals surface area (Å²) in [6.45, 7) is 2.16. The molecule has 2 amide bonds. The van der Waals surface area contributed by atoms with Crippen LogP contribution in [0.2, 0.25) is 0 Å². The van der Waals surface area contributed by atoms with Crippen LogP contribution in [0.4, 0.5) is 0 Å². The van der Waals surface area contributed by atoms with E-state index in [9.17, 15) is 9.59 Å². The zero-order chi connectivity index (χ0) is 18.2. The van der Waals surface area contributed by atoms with Gasteiger partial charge < -0.3 is 20.1 Å². The lowest BCUT2D eigenvalue weighted by Gasteiger charge is -2.15. The summed E-state index contributed by atoms with van der Waals surface area (Å²) in [4.78, 5) is 24.3. The van der Waals surface area contributed by atoms with E-state index in [0.717, 1.165) is 0 Å². The zero-order valence-electron chi connectivity index (χ0n) is 14.5. The van der Waals surface area contributed by atoms with Crippen molar-refractivity contribution in [1.82, 2.24) is 10.6 Å². The minimum atomic E-state index is -0.211. The lowest BCUT2D eigenvalue weighted by Crippen LogP contribution is -2.41. The number of hydrogen-bond donors (Lipinski definition) is 2. The van der Waals surface area contributed by atoms with Crippen LogP contribution in [0.15, 0.2) is 48.5 Å². The first-order valence-electron chi connectivity index (χ1n) is 7.90. The van der Waals surface area contributed by atoms with Gasteiger partial charge in [0.1, 0.15) is 11.5 Å². The third-order valence-corrected chi connectivity index (χ3v) is 3.65. The first-order valence-corrected chi connectivity index (χ1v) is 7.90. The van der Waals surface area contributed by atoms with Gasteiger partial charge >= 0.3 is 0 Å². The van der Waals surface area contributed by atoms with Gasteiger partial charge in [0, 0.05) is 23.7 Å². The molecule has 1 unspecified atom stereocenters. The molecule has 0 aliphatic carbocycles. The van der Waals surface area contributed by atoms with E-state index < -0.39 is 0 Å². The Balaban J connectivity index is 1.83. The number of benzene rings is 2. The van der Waals surface area contributed by atoms with Crippen LogP contribution in [0.1, 0.15) is 27.6 Å². The topological polar surface area (TPSA) is 76.7 Å². The van der Waals surface area contributed by atoms with Gasteiger partial charge in [-0.3, -0.25) is 9.59 Å². The largest absolute Gasteiger partial charge is 0.497 e. The van der Waals surface area contributed by atoms with Crippen LogP contribution in [0.5, 0.6) is 11.5 Å². The first-order chi connectivity index (χ1) is 12.0. The molecule has 1 atom stereocenters. The van der Waals surface area contributed by atoms with E-state index in [-0.39, 0.29) is 17.9 Å². The maximum Gasteiger partial charge on any atom is 0.251 e. The minimum Gasteiger partial charge on any atom is -0.497 e. The van der Waals surface area contributed by atoms with E-state index in [1.54, 1.807) is 62.8 Å². The fourth-order valence-electron chi connectivity index (χ4n) is 2.19. The van der Waals surface area contributed by atoms with Crippen molar-refractivity contribution in [2.24, 2.45) is 0 Å². The molecular formula is C19H22N2O4. The summed E-state index contributed by atoms with van der Waals surface area (Å²) in [5.41, 5.74) is 1.07. The van der Waals surface area contributed by atoms with Crippen molar-refractivity contribution in [1.29, 1.82) is 0 Å². The average molecular weight is 342 g/mol. The molecule has 25 heavy (non-hydrogen) atoms. The van der Waals surface area contributed by atoms with Crippen molar-refractivity contribution in [2.45, 2.75) is 13.0 Å². The van der Waals surface area contributed by atoms with Gasteiger partial charge in [0.15, 0.2) is 0 Å². The standard InChI is InChI=1S/C19H22N2O4/c1-13(21-19(23)15-6-10-17(25-3)11-7-15)12-20-18(22)14-4-8-16(24-2)9-5-14/h4-11,13H,12H2,1-3H3,(H,20,22)(H,21,23). The van der Waals surface area contributed by atoms with Crippen LogP contribution in [0.3, 0.4) is 0 Å². The van der Waals surface area contributed by atoms with Gasteiger partial charge in [-0.1, -0.05) is 0 Å². The van der Waals surface area contributed by atoms with Crippen LogP contribution >= 0.6 is 0 Å². The van der Waals surface area contributed by atoms with Crippen molar-refractivity contribution in [3.8, 4) is 11.5 Å². The number of rotatable bonds is 7. The molecular weight excluding hydrogens is 320 g/mol. The molecule has 0 radical (unpaired) electrons. The summed E-state index contributed by atoms with van der Waals surface area (Å²) >= 11 is 0. The molecule has 0 aliphatic rings. The lowest BCUT2D eigenvalue weighted by molar-refractivity contribution is 0.0912.